The van der Waals surface area contributed by atoms with Crippen LogP contribution < -0.4 is 4.90 Å². The van der Waals surface area contributed by atoms with E-state index in [1.165, 1.54) is 88.0 Å². The van der Waals surface area contributed by atoms with Gasteiger partial charge in [-0.25, -0.2) is 0 Å². The molecule has 290 valence electrons. The number of nitrogens with zero attached hydrogens (tertiary/aromatic N) is 1. The summed E-state index contributed by atoms with van der Waals surface area (Å²) < 4.78 is 0. The quantitative estimate of drug-likeness (QED) is 0.145. The van der Waals surface area contributed by atoms with E-state index in [9.17, 15) is 0 Å². The maximum Gasteiger partial charge on any atom is 0.0719 e. The van der Waals surface area contributed by atoms with Gasteiger partial charge in [-0.1, -0.05) is 200 Å². The van der Waals surface area contributed by atoms with Gasteiger partial charge in [0.25, 0.3) is 0 Å². The molecule has 1 heteroatoms. The summed E-state index contributed by atoms with van der Waals surface area (Å²) in [6.45, 7) is 0. The molecule has 0 spiro atoms. The van der Waals surface area contributed by atoms with Crippen LogP contribution in [0.5, 0.6) is 0 Å². The topological polar surface area (TPSA) is 3.24 Å². The lowest BCUT2D eigenvalue weighted by Crippen LogP contribution is -2.28. The van der Waals surface area contributed by atoms with Gasteiger partial charge in [-0.2, -0.15) is 0 Å². The zero-order valence-electron chi connectivity index (χ0n) is 34.1. The summed E-state index contributed by atoms with van der Waals surface area (Å²) in [5.41, 5.74) is 15.4. The van der Waals surface area contributed by atoms with Crippen molar-refractivity contribution >= 4 is 49.4 Å². The number of rotatable bonds is 7. The van der Waals surface area contributed by atoms with E-state index < -0.39 is 5.41 Å². The first-order valence-electron chi connectivity index (χ1n) is 21.5. The van der Waals surface area contributed by atoms with E-state index in [0.717, 1.165) is 17.1 Å². The molecule has 11 aromatic carbocycles. The lowest BCUT2D eigenvalue weighted by molar-refractivity contribution is 0.777. The molecule has 1 atom stereocenters. The second-order valence-corrected chi connectivity index (χ2v) is 16.4. The lowest BCUT2D eigenvalue weighted by atomic mass is 9.66. The molecular formula is C61H41N. The van der Waals surface area contributed by atoms with Gasteiger partial charge in [0.05, 0.1) is 11.1 Å². The van der Waals surface area contributed by atoms with Gasteiger partial charge in [-0.3, -0.25) is 0 Å². The van der Waals surface area contributed by atoms with Gasteiger partial charge < -0.3 is 4.90 Å². The Kier molecular flexibility index (Phi) is 8.47. The molecule has 0 fully saturated rings. The minimum Gasteiger partial charge on any atom is -0.310 e. The van der Waals surface area contributed by atoms with Crippen molar-refractivity contribution in [1.82, 2.24) is 0 Å². The summed E-state index contributed by atoms with van der Waals surface area (Å²) in [6, 6.07) is 91.7. The average Bonchev–Trinajstić information content (AvgIpc) is 3.64. The van der Waals surface area contributed by atoms with Crippen LogP contribution in [0, 0.1) is 0 Å². The smallest absolute Gasteiger partial charge is 0.0719 e. The van der Waals surface area contributed by atoms with Crippen LogP contribution in [0.15, 0.2) is 249 Å². The Bertz CT molecular complexity index is 3440. The normalized spacial score (nSPS) is 14.2. The van der Waals surface area contributed by atoms with Gasteiger partial charge in [0, 0.05) is 16.9 Å². The van der Waals surface area contributed by atoms with Crippen LogP contribution in [0.3, 0.4) is 0 Å². The van der Waals surface area contributed by atoms with E-state index in [-0.39, 0.29) is 0 Å². The summed E-state index contributed by atoms with van der Waals surface area (Å²) in [5, 5.41) is 7.45. The van der Waals surface area contributed by atoms with Crippen LogP contribution in [0.4, 0.5) is 17.1 Å². The summed E-state index contributed by atoms with van der Waals surface area (Å²) in [4.78, 5) is 2.42. The maximum atomic E-state index is 2.52. The molecule has 1 aliphatic carbocycles. The summed E-state index contributed by atoms with van der Waals surface area (Å²) in [7, 11) is 0. The van der Waals surface area contributed by atoms with E-state index >= 15 is 0 Å². The zero-order chi connectivity index (χ0) is 41.0. The standard InChI is InChI=1S/C61H41N/c1-5-18-42(19-6-1)45-34-37-60(55(39-45)44-20-7-2-8-21-44)62(49-26-11-4-12-27-49)50-35-36-51-46(38-50)32-33-47-40-56-53-29-15-16-30-58(53)61(59(56)41-54(47)51,48-24-9-3-10-25-48)57-31-17-23-43-22-13-14-28-52(43)57/h1-41H. The number of para-hydroxylation sites is 1. The Morgan fingerprint density at radius 3 is 1.69 bits per heavy atom. The predicted molar refractivity (Wildman–Crippen MR) is 262 cm³/mol. The molecule has 0 aliphatic heterocycles. The average molecular weight is 788 g/mol. The SMILES string of the molecule is c1ccc(-c2ccc(N(c3ccccc3)c3ccc4c(ccc5cc6c(cc54)C(c4ccccc4)(c4cccc5ccccc45)c4ccccc4-6)c3)c(-c3ccccc3)c2)cc1. The van der Waals surface area contributed by atoms with Crippen molar-refractivity contribution in [3.8, 4) is 33.4 Å². The third-order valence-corrected chi connectivity index (χ3v) is 13.1. The molecule has 11 aromatic rings. The first-order chi connectivity index (χ1) is 30.8. The molecule has 1 nitrogen and oxygen atoms in total. The van der Waals surface area contributed by atoms with Crippen molar-refractivity contribution in [3.63, 3.8) is 0 Å². The van der Waals surface area contributed by atoms with Crippen LogP contribution in [-0.4, -0.2) is 0 Å². The molecule has 1 aliphatic rings. The third-order valence-electron chi connectivity index (χ3n) is 13.1. The van der Waals surface area contributed by atoms with Gasteiger partial charge in [0.2, 0.25) is 0 Å². The van der Waals surface area contributed by atoms with Gasteiger partial charge in [-0.05, 0) is 131 Å². The second kappa shape index (κ2) is 14.6. The van der Waals surface area contributed by atoms with E-state index in [2.05, 4.69) is 254 Å². The van der Waals surface area contributed by atoms with Crippen LogP contribution >= 0.6 is 0 Å². The maximum absolute atomic E-state index is 2.52. The second-order valence-electron chi connectivity index (χ2n) is 16.4. The van der Waals surface area contributed by atoms with E-state index in [1.54, 1.807) is 0 Å². The molecule has 0 amide bonds. The van der Waals surface area contributed by atoms with Crippen LogP contribution in [0.1, 0.15) is 22.3 Å². The minimum atomic E-state index is -0.520. The summed E-state index contributed by atoms with van der Waals surface area (Å²) in [6.07, 6.45) is 0. The fourth-order valence-electron chi connectivity index (χ4n) is 10.4. The molecule has 12 rings (SSSR count). The highest BCUT2D eigenvalue weighted by molar-refractivity contribution is 6.11. The van der Waals surface area contributed by atoms with Crippen LogP contribution in [-0.2, 0) is 5.41 Å². The fraction of sp³-hybridized carbons (Fsp3) is 0.0164. The largest absolute Gasteiger partial charge is 0.310 e. The van der Waals surface area contributed by atoms with Gasteiger partial charge in [0.15, 0.2) is 0 Å². The Morgan fingerprint density at radius 1 is 0.274 bits per heavy atom. The monoisotopic (exact) mass is 787 g/mol. The van der Waals surface area contributed by atoms with Crippen molar-refractivity contribution in [2.45, 2.75) is 5.41 Å². The number of anilines is 3. The summed E-state index contributed by atoms with van der Waals surface area (Å²) in [5.74, 6) is 0. The van der Waals surface area contributed by atoms with Crippen LogP contribution in [0.25, 0.3) is 65.7 Å². The molecule has 0 saturated carbocycles. The van der Waals surface area contributed by atoms with Crippen LogP contribution in [0.2, 0.25) is 0 Å². The first kappa shape index (κ1) is 35.9. The van der Waals surface area contributed by atoms with Crippen molar-refractivity contribution in [3.05, 3.63) is 271 Å². The van der Waals surface area contributed by atoms with E-state index in [4.69, 9.17) is 0 Å². The minimum absolute atomic E-state index is 0.520. The molecule has 0 aromatic heterocycles. The Morgan fingerprint density at radius 2 is 0.903 bits per heavy atom. The molecule has 0 N–H and O–H groups in total. The molecule has 0 saturated heterocycles. The van der Waals surface area contributed by atoms with Gasteiger partial charge in [0.1, 0.15) is 0 Å². The van der Waals surface area contributed by atoms with Crippen molar-refractivity contribution < 1.29 is 0 Å². The predicted octanol–water partition coefficient (Wildman–Crippen LogP) is 16.3. The zero-order valence-corrected chi connectivity index (χ0v) is 34.1. The Labute approximate surface area is 362 Å². The number of benzene rings is 11. The number of hydrogen-bond donors (Lipinski definition) is 0. The molecule has 0 heterocycles. The number of hydrogen-bond acceptors (Lipinski definition) is 1. The van der Waals surface area contributed by atoms with Gasteiger partial charge >= 0.3 is 0 Å². The Hall–Kier alpha value is -8.00. The van der Waals surface area contributed by atoms with Crippen molar-refractivity contribution in [2.24, 2.45) is 0 Å². The highest BCUT2D eigenvalue weighted by Crippen LogP contribution is 2.58. The van der Waals surface area contributed by atoms with E-state index in [0.29, 0.717) is 0 Å². The molecule has 62 heavy (non-hydrogen) atoms. The van der Waals surface area contributed by atoms with Crippen molar-refractivity contribution in [2.75, 3.05) is 4.90 Å². The third kappa shape index (κ3) is 5.63. The summed E-state index contributed by atoms with van der Waals surface area (Å²) >= 11 is 0. The number of fused-ring (bicyclic) bond motifs is 7. The van der Waals surface area contributed by atoms with E-state index in [1.807, 2.05) is 0 Å². The molecular weight excluding hydrogens is 747 g/mol. The highest BCUT2D eigenvalue weighted by atomic mass is 15.1. The molecule has 0 radical (unpaired) electrons. The van der Waals surface area contributed by atoms with Gasteiger partial charge in [-0.15, -0.1) is 0 Å². The highest BCUT2D eigenvalue weighted by Gasteiger charge is 2.47. The first-order valence-corrected chi connectivity index (χ1v) is 21.5. The lowest BCUT2D eigenvalue weighted by Gasteiger charge is -2.35. The fourth-order valence-corrected chi connectivity index (χ4v) is 10.4. The molecule has 0 bridgehead atoms. The van der Waals surface area contributed by atoms with Crippen molar-refractivity contribution in [1.29, 1.82) is 0 Å². The molecule has 1 unspecified atom stereocenters. The Balaban J connectivity index is 1.09.